The van der Waals surface area contributed by atoms with Gasteiger partial charge in [0.1, 0.15) is 10.7 Å². The SMILES string of the molecule is CCC(NC(=O)c1cc(Cl)ccn1)c1nccs1. The number of nitrogens with one attached hydrogen (secondary N) is 1. The largest absolute Gasteiger partial charge is 0.341 e. The third-order valence-corrected chi connectivity index (χ3v) is 3.54. The van der Waals surface area contributed by atoms with E-state index in [1.807, 2.05) is 12.3 Å². The van der Waals surface area contributed by atoms with Crippen LogP contribution in [0, 0.1) is 0 Å². The molecule has 94 valence electrons. The quantitative estimate of drug-likeness (QED) is 0.937. The Kier molecular flexibility index (Phi) is 4.28. The minimum atomic E-state index is -0.237. The summed E-state index contributed by atoms with van der Waals surface area (Å²) in [4.78, 5) is 20.2. The molecule has 4 nitrogen and oxygen atoms in total. The lowest BCUT2D eigenvalue weighted by Gasteiger charge is -2.13. The number of aromatic nitrogens is 2. The van der Waals surface area contributed by atoms with Gasteiger partial charge >= 0.3 is 0 Å². The Morgan fingerprint density at radius 1 is 1.50 bits per heavy atom. The number of hydrogen-bond acceptors (Lipinski definition) is 4. The second-order valence-corrected chi connectivity index (χ2v) is 5.03. The molecule has 0 aliphatic rings. The summed E-state index contributed by atoms with van der Waals surface area (Å²) in [7, 11) is 0. The lowest BCUT2D eigenvalue weighted by molar-refractivity contribution is 0.0930. The molecule has 2 rings (SSSR count). The standard InChI is InChI=1S/C12H12ClN3OS/c1-2-9(12-15-5-6-18-12)16-11(17)10-7-8(13)3-4-14-10/h3-7,9H,2H2,1H3,(H,16,17). The zero-order chi connectivity index (χ0) is 13.0. The van der Waals surface area contributed by atoms with Gasteiger partial charge in [-0.05, 0) is 18.6 Å². The number of thiazole rings is 1. The molecular formula is C12H12ClN3OS. The molecule has 0 aromatic carbocycles. The average molecular weight is 282 g/mol. The second-order valence-electron chi connectivity index (χ2n) is 3.66. The molecule has 1 atom stereocenters. The highest BCUT2D eigenvalue weighted by molar-refractivity contribution is 7.09. The van der Waals surface area contributed by atoms with E-state index in [4.69, 9.17) is 11.6 Å². The Hall–Kier alpha value is -1.46. The van der Waals surface area contributed by atoms with E-state index in [-0.39, 0.29) is 11.9 Å². The highest BCUT2D eigenvalue weighted by Gasteiger charge is 2.16. The Balaban J connectivity index is 2.11. The fraction of sp³-hybridized carbons (Fsp3) is 0.250. The molecule has 0 saturated carbocycles. The molecular weight excluding hydrogens is 270 g/mol. The Bertz CT molecular complexity index is 530. The van der Waals surface area contributed by atoms with Crippen LogP contribution in [-0.2, 0) is 0 Å². The molecule has 2 aromatic heterocycles. The van der Waals surface area contributed by atoms with Crippen molar-refractivity contribution >= 4 is 28.8 Å². The van der Waals surface area contributed by atoms with Gasteiger partial charge in [-0.25, -0.2) is 4.98 Å². The second kappa shape index (κ2) is 5.93. The normalized spacial score (nSPS) is 12.1. The Morgan fingerprint density at radius 2 is 2.33 bits per heavy atom. The van der Waals surface area contributed by atoms with Crippen molar-refractivity contribution in [3.63, 3.8) is 0 Å². The first kappa shape index (κ1) is 13.0. The third kappa shape index (κ3) is 3.05. The van der Waals surface area contributed by atoms with Crippen molar-refractivity contribution < 1.29 is 4.79 Å². The van der Waals surface area contributed by atoms with Gasteiger partial charge < -0.3 is 5.32 Å². The molecule has 0 aliphatic heterocycles. The number of amides is 1. The monoisotopic (exact) mass is 281 g/mol. The summed E-state index contributed by atoms with van der Waals surface area (Å²) in [6.07, 6.45) is 4.02. The first-order valence-corrected chi connectivity index (χ1v) is 6.78. The molecule has 1 unspecified atom stereocenters. The molecule has 2 heterocycles. The van der Waals surface area contributed by atoms with Gasteiger partial charge in [0.2, 0.25) is 0 Å². The minimum Gasteiger partial charge on any atom is -0.341 e. The van der Waals surface area contributed by atoms with E-state index < -0.39 is 0 Å². The van der Waals surface area contributed by atoms with E-state index in [1.165, 1.54) is 17.5 Å². The third-order valence-electron chi connectivity index (χ3n) is 2.42. The fourth-order valence-corrected chi connectivity index (χ4v) is 2.44. The van der Waals surface area contributed by atoms with Crippen LogP contribution >= 0.6 is 22.9 Å². The van der Waals surface area contributed by atoms with Crippen LogP contribution in [0.15, 0.2) is 29.9 Å². The lowest BCUT2D eigenvalue weighted by atomic mass is 10.2. The molecule has 1 amide bonds. The molecule has 0 fully saturated rings. The first-order chi connectivity index (χ1) is 8.70. The van der Waals surface area contributed by atoms with Crippen LogP contribution < -0.4 is 5.32 Å². The van der Waals surface area contributed by atoms with Crippen molar-refractivity contribution in [3.05, 3.63) is 45.6 Å². The van der Waals surface area contributed by atoms with Crippen molar-refractivity contribution in [2.75, 3.05) is 0 Å². The van der Waals surface area contributed by atoms with Gasteiger partial charge in [-0.3, -0.25) is 9.78 Å². The molecule has 2 aromatic rings. The number of hydrogen-bond donors (Lipinski definition) is 1. The Labute approximate surface area is 114 Å². The number of nitrogens with zero attached hydrogens (tertiary/aromatic N) is 2. The molecule has 0 radical (unpaired) electrons. The summed E-state index contributed by atoms with van der Waals surface area (Å²) in [5.74, 6) is -0.237. The summed E-state index contributed by atoms with van der Waals surface area (Å²) in [6.45, 7) is 2.00. The van der Waals surface area contributed by atoms with Gasteiger partial charge in [-0.2, -0.15) is 0 Å². The molecule has 0 saturated heterocycles. The van der Waals surface area contributed by atoms with Crippen molar-refractivity contribution in [2.24, 2.45) is 0 Å². The zero-order valence-corrected chi connectivity index (χ0v) is 11.3. The van der Waals surface area contributed by atoms with E-state index >= 15 is 0 Å². The highest BCUT2D eigenvalue weighted by atomic mass is 35.5. The van der Waals surface area contributed by atoms with Crippen LogP contribution in [-0.4, -0.2) is 15.9 Å². The maximum Gasteiger partial charge on any atom is 0.270 e. The predicted octanol–water partition coefficient (Wildman–Crippen LogP) is 3.07. The van der Waals surface area contributed by atoms with Gasteiger partial charge in [0.05, 0.1) is 6.04 Å². The van der Waals surface area contributed by atoms with Crippen LogP contribution in [0.1, 0.15) is 34.9 Å². The predicted molar refractivity (Wildman–Crippen MR) is 71.9 cm³/mol. The van der Waals surface area contributed by atoms with Crippen LogP contribution in [0.4, 0.5) is 0 Å². The Morgan fingerprint density at radius 3 is 2.94 bits per heavy atom. The number of pyridine rings is 1. The van der Waals surface area contributed by atoms with E-state index in [0.29, 0.717) is 10.7 Å². The summed E-state index contributed by atoms with van der Waals surface area (Å²) < 4.78 is 0. The van der Waals surface area contributed by atoms with Crippen molar-refractivity contribution in [3.8, 4) is 0 Å². The van der Waals surface area contributed by atoms with Crippen LogP contribution in [0.2, 0.25) is 5.02 Å². The maximum absolute atomic E-state index is 12.0. The van der Waals surface area contributed by atoms with Crippen LogP contribution in [0.3, 0.4) is 0 Å². The fourth-order valence-electron chi connectivity index (χ4n) is 1.51. The number of carbonyl (C=O) groups is 1. The zero-order valence-electron chi connectivity index (χ0n) is 9.76. The van der Waals surface area contributed by atoms with Gasteiger partial charge in [-0.1, -0.05) is 18.5 Å². The molecule has 6 heteroatoms. The lowest BCUT2D eigenvalue weighted by Crippen LogP contribution is -2.28. The molecule has 0 aliphatic carbocycles. The van der Waals surface area contributed by atoms with Crippen LogP contribution in [0.25, 0.3) is 0 Å². The number of rotatable bonds is 4. The maximum atomic E-state index is 12.0. The van der Waals surface area contributed by atoms with Crippen molar-refractivity contribution in [2.45, 2.75) is 19.4 Å². The van der Waals surface area contributed by atoms with E-state index in [9.17, 15) is 4.79 Å². The topological polar surface area (TPSA) is 54.9 Å². The molecule has 18 heavy (non-hydrogen) atoms. The number of carbonyl (C=O) groups excluding carboxylic acids is 1. The van der Waals surface area contributed by atoms with Gasteiger partial charge in [-0.15, -0.1) is 11.3 Å². The van der Waals surface area contributed by atoms with Gasteiger partial charge in [0.25, 0.3) is 5.91 Å². The molecule has 0 spiro atoms. The van der Waals surface area contributed by atoms with E-state index in [1.54, 1.807) is 18.3 Å². The average Bonchev–Trinajstić information content (AvgIpc) is 2.89. The van der Waals surface area contributed by atoms with E-state index in [2.05, 4.69) is 15.3 Å². The first-order valence-electron chi connectivity index (χ1n) is 5.52. The number of halogens is 1. The smallest absolute Gasteiger partial charge is 0.270 e. The summed E-state index contributed by atoms with van der Waals surface area (Å²) in [5.41, 5.74) is 0.317. The highest BCUT2D eigenvalue weighted by Crippen LogP contribution is 2.19. The van der Waals surface area contributed by atoms with Crippen LogP contribution in [0.5, 0.6) is 0 Å². The van der Waals surface area contributed by atoms with Crippen molar-refractivity contribution in [1.29, 1.82) is 0 Å². The van der Waals surface area contributed by atoms with Gasteiger partial charge in [0, 0.05) is 22.8 Å². The molecule has 1 N–H and O–H groups in total. The van der Waals surface area contributed by atoms with E-state index in [0.717, 1.165) is 11.4 Å². The summed E-state index contributed by atoms with van der Waals surface area (Å²) in [6, 6.07) is 3.10. The minimum absolute atomic E-state index is 0.0849. The summed E-state index contributed by atoms with van der Waals surface area (Å²) >= 11 is 7.35. The molecule has 0 bridgehead atoms. The summed E-state index contributed by atoms with van der Waals surface area (Å²) in [5, 5.41) is 6.18. The van der Waals surface area contributed by atoms with Crippen molar-refractivity contribution in [1.82, 2.24) is 15.3 Å². The van der Waals surface area contributed by atoms with Gasteiger partial charge in [0.15, 0.2) is 0 Å².